The fourth-order valence-corrected chi connectivity index (χ4v) is 1.57. The molecule has 0 bridgehead atoms. The molecule has 5 heteroatoms. The molecule has 2 nitrogen and oxygen atoms in total. The smallest absolute Gasteiger partial charge is 0.234 e. The SMILES string of the molecule is C=CCSCC(=O)Nc1c(F)cccc1F. The van der Waals surface area contributed by atoms with Crippen molar-refractivity contribution in [3.05, 3.63) is 42.5 Å². The number of carbonyl (C=O) groups excluding carboxylic acids is 1. The topological polar surface area (TPSA) is 29.1 Å². The van der Waals surface area contributed by atoms with E-state index in [1.807, 2.05) is 0 Å². The molecule has 1 aromatic carbocycles. The molecule has 16 heavy (non-hydrogen) atoms. The lowest BCUT2D eigenvalue weighted by molar-refractivity contribution is -0.113. The summed E-state index contributed by atoms with van der Waals surface area (Å²) in [7, 11) is 0. The zero-order chi connectivity index (χ0) is 12.0. The molecule has 0 heterocycles. The average Bonchev–Trinajstić information content (AvgIpc) is 2.24. The largest absolute Gasteiger partial charge is 0.320 e. The van der Waals surface area contributed by atoms with Gasteiger partial charge in [-0.15, -0.1) is 18.3 Å². The van der Waals surface area contributed by atoms with Crippen LogP contribution in [-0.4, -0.2) is 17.4 Å². The van der Waals surface area contributed by atoms with Crippen molar-refractivity contribution in [3.63, 3.8) is 0 Å². The highest BCUT2D eigenvalue weighted by atomic mass is 32.2. The van der Waals surface area contributed by atoms with Gasteiger partial charge < -0.3 is 5.32 Å². The Morgan fingerprint density at radius 3 is 2.62 bits per heavy atom. The van der Waals surface area contributed by atoms with Crippen LogP contribution in [-0.2, 0) is 4.79 Å². The predicted octanol–water partition coefficient (Wildman–Crippen LogP) is 2.82. The number of amides is 1. The van der Waals surface area contributed by atoms with Gasteiger partial charge in [0.15, 0.2) is 0 Å². The molecule has 0 spiro atoms. The number of para-hydroxylation sites is 1. The molecule has 0 radical (unpaired) electrons. The Labute approximate surface area is 96.7 Å². The summed E-state index contributed by atoms with van der Waals surface area (Å²) in [6.45, 7) is 3.50. The van der Waals surface area contributed by atoms with Gasteiger partial charge in [-0.05, 0) is 12.1 Å². The number of benzene rings is 1. The van der Waals surface area contributed by atoms with Gasteiger partial charge in [-0.2, -0.15) is 0 Å². The Morgan fingerprint density at radius 1 is 1.44 bits per heavy atom. The Kier molecular flexibility index (Phi) is 4.98. The molecule has 1 aromatic rings. The van der Waals surface area contributed by atoms with E-state index in [4.69, 9.17) is 0 Å². The van der Waals surface area contributed by atoms with Crippen molar-refractivity contribution in [3.8, 4) is 0 Å². The summed E-state index contributed by atoms with van der Waals surface area (Å²) >= 11 is 1.32. The van der Waals surface area contributed by atoms with Crippen LogP contribution in [0.2, 0.25) is 0 Å². The Morgan fingerprint density at radius 2 is 2.06 bits per heavy atom. The molecule has 0 aliphatic carbocycles. The van der Waals surface area contributed by atoms with Gasteiger partial charge in [-0.1, -0.05) is 12.1 Å². The molecular formula is C11H11F2NOS. The maximum atomic E-state index is 13.1. The highest BCUT2D eigenvalue weighted by Crippen LogP contribution is 2.18. The summed E-state index contributed by atoms with van der Waals surface area (Å²) in [4.78, 5) is 11.3. The second-order valence-electron chi connectivity index (χ2n) is 2.95. The summed E-state index contributed by atoms with van der Waals surface area (Å²) in [5, 5.41) is 2.19. The van der Waals surface area contributed by atoms with Gasteiger partial charge in [0.05, 0.1) is 5.75 Å². The standard InChI is InChI=1S/C11H11F2NOS/c1-2-6-16-7-10(15)14-11-8(12)4-3-5-9(11)13/h2-5H,1,6-7H2,(H,14,15). The third-order valence-electron chi connectivity index (χ3n) is 1.70. The first-order chi connectivity index (χ1) is 7.65. The summed E-state index contributed by atoms with van der Waals surface area (Å²) in [5.74, 6) is -1.23. The van der Waals surface area contributed by atoms with E-state index in [1.54, 1.807) is 6.08 Å². The molecule has 0 aromatic heterocycles. The first-order valence-electron chi connectivity index (χ1n) is 4.57. The van der Waals surface area contributed by atoms with Gasteiger partial charge >= 0.3 is 0 Å². The first kappa shape index (κ1) is 12.7. The van der Waals surface area contributed by atoms with E-state index in [2.05, 4.69) is 11.9 Å². The summed E-state index contributed by atoms with van der Waals surface area (Å²) in [6, 6.07) is 3.43. The van der Waals surface area contributed by atoms with E-state index < -0.39 is 23.2 Å². The summed E-state index contributed by atoms with van der Waals surface area (Å²) < 4.78 is 26.2. The van der Waals surface area contributed by atoms with Gasteiger partial charge in [0.1, 0.15) is 17.3 Å². The van der Waals surface area contributed by atoms with Gasteiger partial charge in [0.25, 0.3) is 0 Å². The lowest BCUT2D eigenvalue weighted by atomic mass is 10.3. The van der Waals surface area contributed by atoms with Crippen LogP contribution in [0.3, 0.4) is 0 Å². The van der Waals surface area contributed by atoms with Gasteiger partial charge in [-0.25, -0.2) is 8.78 Å². The van der Waals surface area contributed by atoms with E-state index in [9.17, 15) is 13.6 Å². The van der Waals surface area contributed by atoms with E-state index in [1.165, 1.54) is 17.8 Å². The highest BCUT2D eigenvalue weighted by molar-refractivity contribution is 8.00. The quantitative estimate of drug-likeness (QED) is 0.636. The minimum Gasteiger partial charge on any atom is -0.320 e. The number of hydrogen-bond donors (Lipinski definition) is 1. The third-order valence-corrected chi connectivity index (χ3v) is 2.63. The number of anilines is 1. The Bertz CT molecular complexity index is 375. The van der Waals surface area contributed by atoms with Crippen molar-refractivity contribution < 1.29 is 13.6 Å². The molecule has 86 valence electrons. The Balaban J connectivity index is 2.59. The molecule has 0 unspecified atom stereocenters. The Hall–Kier alpha value is -1.36. The molecule has 1 rings (SSSR count). The molecule has 1 N–H and O–H groups in total. The van der Waals surface area contributed by atoms with Crippen LogP contribution in [0.5, 0.6) is 0 Å². The van der Waals surface area contributed by atoms with E-state index >= 15 is 0 Å². The molecular weight excluding hydrogens is 232 g/mol. The molecule has 0 saturated carbocycles. The minimum atomic E-state index is -0.776. The van der Waals surface area contributed by atoms with Crippen molar-refractivity contribution in [2.45, 2.75) is 0 Å². The lowest BCUT2D eigenvalue weighted by Gasteiger charge is -2.06. The summed E-state index contributed by atoms with van der Waals surface area (Å²) in [6.07, 6.45) is 1.65. The van der Waals surface area contributed by atoms with E-state index in [-0.39, 0.29) is 5.75 Å². The number of halogens is 2. The maximum Gasteiger partial charge on any atom is 0.234 e. The first-order valence-corrected chi connectivity index (χ1v) is 5.73. The molecule has 0 fully saturated rings. The maximum absolute atomic E-state index is 13.1. The lowest BCUT2D eigenvalue weighted by Crippen LogP contribution is -2.16. The molecule has 0 saturated heterocycles. The van der Waals surface area contributed by atoms with Crippen molar-refractivity contribution >= 4 is 23.4 Å². The van der Waals surface area contributed by atoms with Crippen LogP contribution in [0.25, 0.3) is 0 Å². The van der Waals surface area contributed by atoms with Gasteiger partial charge in [0.2, 0.25) is 5.91 Å². The number of hydrogen-bond acceptors (Lipinski definition) is 2. The second kappa shape index (κ2) is 6.27. The van der Waals surface area contributed by atoms with Crippen molar-refractivity contribution in [1.82, 2.24) is 0 Å². The number of nitrogens with one attached hydrogen (secondary N) is 1. The third kappa shape index (κ3) is 3.66. The average molecular weight is 243 g/mol. The van der Waals surface area contributed by atoms with Crippen molar-refractivity contribution in [2.24, 2.45) is 0 Å². The predicted molar refractivity (Wildman–Crippen MR) is 62.5 cm³/mol. The van der Waals surface area contributed by atoms with Gasteiger partial charge in [0, 0.05) is 5.75 Å². The minimum absolute atomic E-state index is 0.139. The fraction of sp³-hybridized carbons (Fsp3) is 0.182. The highest BCUT2D eigenvalue weighted by Gasteiger charge is 2.11. The van der Waals surface area contributed by atoms with Crippen molar-refractivity contribution in [2.75, 3.05) is 16.8 Å². The van der Waals surface area contributed by atoms with E-state index in [0.717, 1.165) is 12.1 Å². The van der Waals surface area contributed by atoms with Crippen LogP contribution in [0.1, 0.15) is 0 Å². The molecule has 0 atom stereocenters. The molecule has 0 aliphatic heterocycles. The van der Waals surface area contributed by atoms with Crippen LogP contribution < -0.4 is 5.32 Å². The normalized spacial score (nSPS) is 9.88. The van der Waals surface area contributed by atoms with Crippen LogP contribution in [0, 0.1) is 11.6 Å². The molecule has 0 aliphatic rings. The number of thioether (sulfide) groups is 1. The molecule has 1 amide bonds. The van der Waals surface area contributed by atoms with Crippen LogP contribution in [0.15, 0.2) is 30.9 Å². The second-order valence-corrected chi connectivity index (χ2v) is 3.98. The van der Waals surface area contributed by atoms with Crippen LogP contribution >= 0.6 is 11.8 Å². The van der Waals surface area contributed by atoms with Crippen molar-refractivity contribution in [1.29, 1.82) is 0 Å². The monoisotopic (exact) mass is 243 g/mol. The number of rotatable bonds is 5. The zero-order valence-corrected chi connectivity index (χ0v) is 9.32. The van der Waals surface area contributed by atoms with Crippen LogP contribution in [0.4, 0.5) is 14.5 Å². The number of carbonyl (C=O) groups is 1. The van der Waals surface area contributed by atoms with E-state index in [0.29, 0.717) is 5.75 Å². The fourth-order valence-electron chi connectivity index (χ4n) is 1.03. The summed E-state index contributed by atoms with van der Waals surface area (Å²) in [5.41, 5.74) is -0.397. The van der Waals surface area contributed by atoms with Gasteiger partial charge in [-0.3, -0.25) is 4.79 Å². The zero-order valence-electron chi connectivity index (χ0n) is 8.50.